The third kappa shape index (κ3) is 4.59. The van der Waals surface area contributed by atoms with Crippen LogP contribution in [0.25, 0.3) is 0 Å². The van der Waals surface area contributed by atoms with Gasteiger partial charge in [0.25, 0.3) is 0 Å². The summed E-state index contributed by atoms with van der Waals surface area (Å²) in [5.74, 6) is -0.849. The molecule has 0 heterocycles. The van der Waals surface area contributed by atoms with Gasteiger partial charge in [-0.25, -0.2) is 0 Å². The van der Waals surface area contributed by atoms with E-state index < -0.39 is 17.6 Å². The molecule has 0 amide bonds. The predicted molar refractivity (Wildman–Crippen MR) is 60.9 cm³/mol. The Hall–Kier alpha value is -0.690. The van der Waals surface area contributed by atoms with Crippen molar-refractivity contribution in [2.75, 3.05) is 26.9 Å². The molecular weight excluding hydrogens is 226 g/mol. The SMILES string of the molecule is COCC(C)OCC(O)CNC1(C(=O)O)CC1. The largest absolute Gasteiger partial charge is 0.480 e. The van der Waals surface area contributed by atoms with Gasteiger partial charge in [-0.2, -0.15) is 0 Å². The Morgan fingerprint density at radius 3 is 2.59 bits per heavy atom. The lowest BCUT2D eigenvalue weighted by molar-refractivity contribution is -0.140. The monoisotopic (exact) mass is 247 g/mol. The second-order valence-corrected chi connectivity index (χ2v) is 4.52. The highest BCUT2D eigenvalue weighted by Crippen LogP contribution is 2.35. The van der Waals surface area contributed by atoms with Gasteiger partial charge in [0.2, 0.25) is 0 Å². The van der Waals surface area contributed by atoms with Crippen LogP contribution in [0.1, 0.15) is 19.8 Å². The summed E-state index contributed by atoms with van der Waals surface area (Å²) in [6, 6.07) is 0. The van der Waals surface area contributed by atoms with Crippen molar-refractivity contribution in [3.8, 4) is 0 Å². The molecule has 0 aliphatic heterocycles. The summed E-state index contributed by atoms with van der Waals surface area (Å²) >= 11 is 0. The van der Waals surface area contributed by atoms with Crippen molar-refractivity contribution in [3.63, 3.8) is 0 Å². The number of carboxylic acid groups (broad SMARTS) is 1. The Kier molecular flexibility index (Phi) is 5.32. The molecule has 1 rings (SSSR count). The Labute approximate surface area is 101 Å². The number of nitrogens with one attached hydrogen (secondary N) is 1. The number of β-amino-alcohol motifs (C(OH)–C–C–N with tert-alkyl or cyclic N) is 1. The van der Waals surface area contributed by atoms with Gasteiger partial charge in [0.1, 0.15) is 5.54 Å². The number of aliphatic hydroxyl groups is 1. The molecular formula is C11H21NO5. The molecule has 1 aliphatic rings. The first-order valence-corrected chi connectivity index (χ1v) is 5.77. The van der Waals surface area contributed by atoms with Gasteiger partial charge in [0.05, 0.1) is 25.4 Å². The average Bonchev–Trinajstić information content (AvgIpc) is 3.05. The fourth-order valence-corrected chi connectivity index (χ4v) is 1.52. The van der Waals surface area contributed by atoms with E-state index >= 15 is 0 Å². The van der Waals surface area contributed by atoms with Crippen molar-refractivity contribution in [2.45, 2.75) is 37.5 Å². The summed E-state index contributed by atoms with van der Waals surface area (Å²) in [6.07, 6.45) is 0.460. The molecule has 100 valence electrons. The van der Waals surface area contributed by atoms with Crippen molar-refractivity contribution in [1.29, 1.82) is 0 Å². The summed E-state index contributed by atoms with van der Waals surface area (Å²) in [5.41, 5.74) is -0.806. The predicted octanol–water partition coefficient (Wildman–Crippen LogP) is -0.394. The van der Waals surface area contributed by atoms with Gasteiger partial charge in [-0.05, 0) is 19.8 Å². The van der Waals surface area contributed by atoms with E-state index in [0.717, 1.165) is 0 Å². The number of carboxylic acids is 1. The number of methoxy groups -OCH3 is 1. The zero-order valence-corrected chi connectivity index (χ0v) is 10.3. The van der Waals surface area contributed by atoms with Gasteiger partial charge >= 0.3 is 5.97 Å². The number of hydrogen-bond acceptors (Lipinski definition) is 5. The van der Waals surface area contributed by atoms with Crippen LogP contribution in [0, 0.1) is 0 Å². The second kappa shape index (κ2) is 6.30. The maximum Gasteiger partial charge on any atom is 0.323 e. The number of aliphatic hydroxyl groups excluding tert-OH is 1. The molecule has 0 bridgehead atoms. The van der Waals surface area contributed by atoms with Gasteiger partial charge in [-0.3, -0.25) is 10.1 Å². The van der Waals surface area contributed by atoms with Gasteiger partial charge < -0.3 is 19.7 Å². The minimum atomic E-state index is -0.849. The molecule has 1 fully saturated rings. The zero-order valence-electron chi connectivity index (χ0n) is 10.3. The van der Waals surface area contributed by atoms with E-state index in [2.05, 4.69) is 5.32 Å². The summed E-state index contributed by atoms with van der Waals surface area (Å²) < 4.78 is 10.2. The molecule has 2 atom stereocenters. The highest BCUT2D eigenvalue weighted by atomic mass is 16.5. The van der Waals surface area contributed by atoms with Crippen molar-refractivity contribution < 1.29 is 24.5 Å². The van der Waals surface area contributed by atoms with Crippen LogP contribution in [-0.2, 0) is 14.3 Å². The Morgan fingerprint density at radius 2 is 2.12 bits per heavy atom. The topological polar surface area (TPSA) is 88.0 Å². The molecule has 3 N–H and O–H groups in total. The van der Waals surface area contributed by atoms with Crippen molar-refractivity contribution in [3.05, 3.63) is 0 Å². The van der Waals surface area contributed by atoms with Gasteiger partial charge in [0.15, 0.2) is 0 Å². The van der Waals surface area contributed by atoms with Crippen LogP contribution in [0.4, 0.5) is 0 Å². The van der Waals surface area contributed by atoms with Crippen LogP contribution in [0.3, 0.4) is 0 Å². The molecule has 6 heteroatoms. The number of ether oxygens (including phenoxy) is 2. The third-order valence-corrected chi connectivity index (χ3v) is 2.81. The molecule has 6 nitrogen and oxygen atoms in total. The lowest BCUT2D eigenvalue weighted by Crippen LogP contribution is -2.44. The van der Waals surface area contributed by atoms with Gasteiger partial charge in [-0.1, -0.05) is 0 Å². The summed E-state index contributed by atoms with van der Waals surface area (Å²) in [7, 11) is 1.58. The minimum Gasteiger partial charge on any atom is -0.480 e. The molecule has 1 aliphatic carbocycles. The zero-order chi connectivity index (χ0) is 12.9. The Balaban J connectivity index is 2.13. The summed E-state index contributed by atoms with van der Waals surface area (Å²) in [5, 5.41) is 21.4. The molecule has 0 spiro atoms. The van der Waals surface area contributed by atoms with E-state index in [1.165, 1.54) is 0 Å². The van der Waals surface area contributed by atoms with Crippen molar-refractivity contribution in [1.82, 2.24) is 5.32 Å². The summed E-state index contributed by atoms with van der Waals surface area (Å²) in [6.45, 7) is 2.72. The standard InChI is InChI=1S/C11H21NO5/c1-8(6-16-2)17-7-9(13)5-12-11(3-4-11)10(14)15/h8-9,12-13H,3-7H2,1-2H3,(H,14,15). The number of hydrogen-bond donors (Lipinski definition) is 3. The molecule has 0 aromatic heterocycles. The smallest absolute Gasteiger partial charge is 0.323 e. The van der Waals surface area contributed by atoms with Crippen molar-refractivity contribution in [2.24, 2.45) is 0 Å². The van der Waals surface area contributed by atoms with Crippen LogP contribution in [0.15, 0.2) is 0 Å². The molecule has 0 aromatic rings. The second-order valence-electron chi connectivity index (χ2n) is 4.52. The minimum absolute atomic E-state index is 0.0796. The van der Waals surface area contributed by atoms with Crippen LogP contribution in [0.5, 0.6) is 0 Å². The molecule has 0 saturated heterocycles. The first kappa shape index (κ1) is 14.4. The quantitative estimate of drug-likeness (QED) is 0.514. The maximum absolute atomic E-state index is 10.9. The maximum atomic E-state index is 10.9. The Bertz CT molecular complexity index is 254. The molecule has 0 aromatic carbocycles. The van der Waals surface area contributed by atoms with E-state index in [9.17, 15) is 9.90 Å². The van der Waals surface area contributed by atoms with Gasteiger partial charge in [-0.15, -0.1) is 0 Å². The van der Waals surface area contributed by atoms with Crippen molar-refractivity contribution >= 4 is 5.97 Å². The van der Waals surface area contributed by atoms with Crippen LogP contribution in [-0.4, -0.2) is 60.8 Å². The fourth-order valence-electron chi connectivity index (χ4n) is 1.52. The lowest BCUT2D eigenvalue weighted by Gasteiger charge is -2.18. The van der Waals surface area contributed by atoms with E-state index in [-0.39, 0.29) is 19.3 Å². The Morgan fingerprint density at radius 1 is 1.47 bits per heavy atom. The molecule has 1 saturated carbocycles. The molecule has 0 radical (unpaired) electrons. The molecule has 17 heavy (non-hydrogen) atoms. The number of carbonyl (C=O) groups is 1. The average molecular weight is 247 g/mol. The third-order valence-electron chi connectivity index (χ3n) is 2.81. The number of aliphatic carboxylic acids is 1. The highest BCUT2D eigenvalue weighted by Gasteiger charge is 2.50. The molecule has 2 unspecified atom stereocenters. The van der Waals surface area contributed by atoms with Crippen LogP contribution >= 0.6 is 0 Å². The van der Waals surface area contributed by atoms with Crippen LogP contribution in [0.2, 0.25) is 0 Å². The fraction of sp³-hybridized carbons (Fsp3) is 0.909. The van der Waals surface area contributed by atoms with Gasteiger partial charge in [0, 0.05) is 13.7 Å². The first-order valence-electron chi connectivity index (χ1n) is 5.77. The highest BCUT2D eigenvalue weighted by molar-refractivity contribution is 5.82. The normalized spacial score (nSPS) is 20.9. The van der Waals surface area contributed by atoms with E-state index in [1.807, 2.05) is 6.92 Å². The van der Waals surface area contributed by atoms with E-state index in [0.29, 0.717) is 19.4 Å². The van der Waals surface area contributed by atoms with E-state index in [4.69, 9.17) is 14.6 Å². The first-order chi connectivity index (χ1) is 8.00. The summed E-state index contributed by atoms with van der Waals surface area (Å²) in [4.78, 5) is 10.9. The van der Waals surface area contributed by atoms with Crippen LogP contribution < -0.4 is 5.32 Å². The van der Waals surface area contributed by atoms with E-state index in [1.54, 1.807) is 7.11 Å². The lowest BCUT2D eigenvalue weighted by atomic mass is 10.2. The number of rotatable bonds is 9.